The third kappa shape index (κ3) is 10.5. The number of quaternary nitrogens is 2. The number of benzene rings is 1. The van der Waals surface area contributed by atoms with Gasteiger partial charge in [-0.25, -0.2) is 0 Å². The van der Waals surface area contributed by atoms with E-state index in [0.717, 1.165) is 48.0 Å². The maximum absolute atomic E-state index is 10.1. The molecule has 7 nitrogen and oxygen atoms in total. The number of nitrogens with zero attached hydrogens (tertiary/aromatic N) is 2. The van der Waals surface area contributed by atoms with Crippen molar-refractivity contribution in [1.82, 2.24) is 0 Å². The molecule has 1 aromatic carbocycles. The van der Waals surface area contributed by atoms with Gasteiger partial charge < -0.3 is 51.2 Å². The van der Waals surface area contributed by atoms with Crippen molar-refractivity contribution in [3.63, 3.8) is 0 Å². The van der Waals surface area contributed by atoms with E-state index in [9.17, 15) is 9.90 Å². The van der Waals surface area contributed by atoms with Crippen LogP contribution in [0.15, 0.2) is 30.3 Å². The summed E-state index contributed by atoms with van der Waals surface area (Å²) in [6.07, 6.45) is 0.367. The molecule has 0 saturated carbocycles. The minimum Gasteiger partial charge on any atom is -1.00 e. The molecule has 2 fully saturated rings. The summed E-state index contributed by atoms with van der Waals surface area (Å²) < 4.78 is 1.97. The van der Waals surface area contributed by atoms with Crippen LogP contribution in [0.25, 0.3) is 0 Å². The van der Waals surface area contributed by atoms with Gasteiger partial charge in [0.25, 0.3) is 0 Å². The predicted molar refractivity (Wildman–Crippen MR) is 101 cm³/mol. The summed E-state index contributed by atoms with van der Waals surface area (Å²) in [5, 5.41) is 37.2. The molecule has 0 aliphatic carbocycles. The highest BCUT2D eigenvalue weighted by Gasteiger charge is 2.29. The lowest BCUT2D eigenvalue weighted by Gasteiger charge is -2.22. The van der Waals surface area contributed by atoms with Crippen LogP contribution in [0.5, 0.6) is 0 Å². The molecular weight excluding hydrogens is 428 g/mol. The van der Waals surface area contributed by atoms with E-state index in [1.165, 1.54) is 12.1 Å². The molecule has 3 unspecified atom stereocenters. The fourth-order valence-electron chi connectivity index (χ4n) is 3.27. The predicted octanol–water partition coefficient (Wildman–Crippen LogP) is -3.87. The molecule has 2 saturated heterocycles. The third-order valence-electron chi connectivity index (χ3n) is 4.88. The highest BCUT2D eigenvalue weighted by Crippen LogP contribution is 2.13. The van der Waals surface area contributed by atoms with Crippen LogP contribution in [0.2, 0.25) is 0 Å². The van der Waals surface area contributed by atoms with Crippen molar-refractivity contribution >= 4 is 5.97 Å². The van der Waals surface area contributed by atoms with E-state index in [0.29, 0.717) is 5.56 Å². The Morgan fingerprint density at radius 2 is 1.36 bits per heavy atom. The Morgan fingerprint density at radius 3 is 1.57 bits per heavy atom. The maximum atomic E-state index is 10.1. The van der Waals surface area contributed by atoms with E-state index in [1.807, 2.05) is 0 Å². The number of hydrogen-bond acceptors (Lipinski definition) is 5. The Kier molecular flexibility index (Phi) is 11.4. The van der Waals surface area contributed by atoms with Crippen LogP contribution >= 0.6 is 0 Å². The first-order valence-electron chi connectivity index (χ1n) is 9.36. The lowest BCUT2D eigenvalue weighted by Crippen LogP contribution is -3.00. The molecule has 3 atom stereocenters. The summed E-state index contributed by atoms with van der Waals surface area (Å²) in [6.45, 7) is 4.11. The molecule has 0 amide bonds. The molecule has 162 valence electrons. The first-order valence-corrected chi connectivity index (χ1v) is 9.36. The van der Waals surface area contributed by atoms with Crippen molar-refractivity contribution in [2.45, 2.75) is 31.2 Å². The highest BCUT2D eigenvalue weighted by molar-refractivity contribution is 5.71. The fraction of sp³-hybridized carbons (Fsp3) is 0.650. The number of aliphatic hydroxyl groups excluding tert-OH is 3. The zero-order valence-electron chi connectivity index (χ0n) is 17.3. The Bertz CT molecular complexity index is 559. The first-order chi connectivity index (χ1) is 12.4. The smallest absolute Gasteiger partial charge is 0.118 e. The van der Waals surface area contributed by atoms with Crippen LogP contribution < -0.4 is 22.1 Å². The molecule has 0 aromatic heterocycles. The number of carbonyl (C=O) groups excluding carboxylic acids is 1. The SMILES string of the molecule is C[N+]1(C)CCC(O)C1.C[N+]1(C)CCC(O)C1.O=C([O-])C(O)c1ccccc1.[Br-]. The van der Waals surface area contributed by atoms with E-state index in [-0.39, 0.29) is 29.2 Å². The second kappa shape index (κ2) is 11.8. The molecule has 2 aliphatic heterocycles. The minimum atomic E-state index is -1.52. The minimum absolute atomic E-state index is 0. The standard InChI is InChI=1S/C8H8O3.2C6H14NO.BrH/c9-7(8(10)11)6-4-2-1-3-5-6;2*1-7(2)4-3-6(8)5-7;/h1-5,7,9H,(H,10,11);2*6,8H,3-5H2,1-2H3;1H/q;2*+1;/p-2. The van der Waals surface area contributed by atoms with Crippen LogP contribution in [-0.4, -0.2) is 96.8 Å². The van der Waals surface area contributed by atoms with Crippen molar-refractivity contribution < 1.29 is 51.2 Å². The average Bonchev–Trinajstić information content (AvgIpc) is 3.07. The van der Waals surface area contributed by atoms with Crippen molar-refractivity contribution in [3.05, 3.63) is 35.9 Å². The first kappa shape index (κ1) is 27.0. The van der Waals surface area contributed by atoms with Gasteiger partial charge in [-0.15, -0.1) is 0 Å². The van der Waals surface area contributed by atoms with Gasteiger partial charge in [-0.05, 0) is 5.56 Å². The summed E-state index contributed by atoms with van der Waals surface area (Å²) in [4.78, 5) is 10.1. The summed E-state index contributed by atoms with van der Waals surface area (Å²) in [5.41, 5.74) is 0.340. The van der Waals surface area contributed by atoms with Crippen molar-refractivity contribution in [1.29, 1.82) is 0 Å². The van der Waals surface area contributed by atoms with E-state index >= 15 is 0 Å². The molecular formula is C20H35BrN2O5. The number of halogens is 1. The van der Waals surface area contributed by atoms with Gasteiger partial charge in [-0.3, -0.25) is 0 Å². The molecule has 0 bridgehead atoms. The average molecular weight is 463 g/mol. The van der Waals surface area contributed by atoms with Gasteiger partial charge in [0.05, 0.1) is 47.2 Å². The summed E-state index contributed by atoms with van der Waals surface area (Å²) >= 11 is 0. The number of likely N-dealkylation sites (tertiary alicyclic amines) is 2. The second-order valence-electron chi connectivity index (χ2n) is 8.70. The topological polar surface area (TPSA) is 101 Å². The van der Waals surface area contributed by atoms with E-state index in [4.69, 9.17) is 15.3 Å². The van der Waals surface area contributed by atoms with Crippen molar-refractivity contribution in [2.75, 3.05) is 54.4 Å². The maximum Gasteiger partial charge on any atom is 0.118 e. The number of carboxylic acid groups (broad SMARTS) is 1. The Hall–Kier alpha value is -1.03. The molecule has 0 spiro atoms. The molecule has 8 heteroatoms. The molecule has 28 heavy (non-hydrogen) atoms. The number of hydrogen-bond donors (Lipinski definition) is 3. The third-order valence-corrected chi connectivity index (χ3v) is 4.88. The van der Waals surface area contributed by atoms with Gasteiger partial charge in [0.15, 0.2) is 0 Å². The zero-order valence-corrected chi connectivity index (χ0v) is 18.9. The number of aliphatic hydroxyl groups is 3. The number of carboxylic acids is 1. The number of aliphatic carboxylic acids is 1. The number of rotatable bonds is 2. The second-order valence-corrected chi connectivity index (χ2v) is 8.70. The van der Waals surface area contributed by atoms with Gasteiger partial charge in [0.2, 0.25) is 0 Å². The molecule has 3 N–H and O–H groups in total. The molecule has 2 aliphatic rings. The van der Waals surface area contributed by atoms with Crippen LogP contribution in [0.4, 0.5) is 0 Å². The molecule has 0 radical (unpaired) electrons. The van der Waals surface area contributed by atoms with Gasteiger partial charge in [0, 0.05) is 12.8 Å². The lowest BCUT2D eigenvalue weighted by molar-refractivity contribution is -0.879. The van der Waals surface area contributed by atoms with Crippen molar-refractivity contribution in [2.24, 2.45) is 0 Å². The van der Waals surface area contributed by atoms with Crippen LogP contribution in [0.3, 0.4) is 0 Å². The van der Waals surface area contributed by atoms with E-state index in [2.05, 4.69) is 28.2 Å². The molecule has 1 aromatic rings. The van der Waals surface area contributed by atoms with Gasteiger partial charge >= 0.3 is 0 Å². The van der Waals surface area contributed by atoms with Crippen molar-refractivity contribution in [3.8, 4) is 0 Å². The Labute approximate surface area is 178 Å². The Morgan fingerprint density at radius 1 is 0.964 bits per heavy atom. The lowest BCUT2D eigenvalue weighted by atomic mass is 10.1. The van der Waals surface area contributed by atoms with Crippen LogP contribution in [0, 0.1) is 0 Å². The monoisotopic (exact) mass is 462 g/mol. The molecule has 2 heterocycles. The number of likely N-dealkylation sites (N-methyl/N-ethyl adjacent to an activating group) is 2. The highest BCUT2D eigenvalue weighted by atomic mass is 79.9. The van der Waals surface area contributed by atoms with E-state index in [1.54, 1.807) is 18.2 Å². The van der Waals surface area contributed by atoms with E-state index < -0.39 is 12.1 Å². The Balaban J connectivity index is 0.000000391. The normalized spacial score (nSPS) is 25.2. The van der Waals surface area contributed by atoms with Crippen LogP contribution in [-0.2, 0) is 4.79 Å². The summed E-state index contributed by atoms with van der Waals surface area (Å²) in [7, 11) is 8.60. The quantitative estimate of drug-likeness (QED) is 0.390. The number of carbonyl (C=O) groups is 1. The zero-order chi connectivity index (χ0) is 20.7. The van der Waals surface area contributed by atoms with Gasteiger partial charge in [0.1, 0.15) is 31.4 Å². The fourth-order valence-corrected chi connectivity index (χ4v) is 3.27. The molecule has 3 rings (SSSR count). The summed E-state index contributed by atoms with van der Waals surface area (Å²) in [5.74, 6) is -1.48. The largest absolute Gasteiger partial charge is 1.00 e. The van der Waals surface area contributed by atoms with Gasteiger partial charge in [-0.2, -0.15) is 0 Å². The van der Waals surface area contributed by atoms with Gasteiger partial charge in [-0.1, -0.05) is 30.3 Å². The van der Waals surface area contributed by atoms with Crippen LogP contribution in [0.1, 0.15) is 24.5 Å². The summed E-state index contributed by atoms with van der Waals surface area (Å²) in [6, 6.07) is 8.11.